The molecule has 0 unspecified atom stereocenters. The number of benzene rings is 2. The Hall–Kier alpha value is -2.63. The number of carbonyl (C=O) groups excluding carboxylic acids is 1. The van der Waals surface area contributed by atoms with E-state index in [2.05, 4.69) is 46.6 Å². The van der Waals surface area contributed by atoms with Gasteiger partial charge in [-0.05, 0) is 50.8 Å². The number of hydrogen-bond donors (Lipinski definition) is 1. The van der Waals surface area contributed by atoms with Crippen molar-refractivity contribution >= 4 is 17.5 Å². The van der Waals surface area contributed by atoms with Crippen LogP contribution in [0.4, 0.5) is 0 Å². The Labute approximate surface area is 163 Å². The zero-order chi connectivity index (χ0) is 19.4. The van der Waals surface area contributed by atoms with Crippen LogP contribution in [0.2, 0.25) is 5.02 Å². The first kappa shape index (κ1) is 19.1. The summed E-state index contributed by atoms with van der Waals surface area (Å²) in [5.41, 5.74) is 3.42. The van der Waals surface area contributed by atoms with Gasteiger partial charge in [0.15, 0.2) is 11.5 Å². The summed E-state index contributed by atoms with van der Waals surface area (Å²) in [5.74, 6) is 0.262. The van der Waals surface area contributed by atoms with Crippen LogP contribution in [0.3, 0.4) is 0 Å². The summed E-state index contributed by atoms with van der Waals surface area (Å²) >= 11 is 5.90. The highest BCUT2D eigenvalue weighted by molar-refractivity contribution is 6.30. The first-order valence-corrected chi connectivity index (χ1v) is 9.05. The minimum atomic E-state index is -0.266. The topological polar surface area (TPSA) is 58.4 Å². The van der Waals surface area contributed by atoms with Gasteiger partial charge in [0.05, 0.1) is 6.04 Å². The number of aromatic nitrogens is 1. The van der Waals surface area contributed by atoms with Crippen LogP contribution in [0.15, 0.2) is 59.1 Å². The van der Waals surface area contributed by atoms with E-state index in [4.69, 9.17) is 16.1 Å². The van der Waals surface area contributed by atoms with Crippen LogP contribution in [0.25, 0.3) is 11.3 Å². The molecule has 1 atom stereocenters. The molecule has 3 rings (SSSR count). The fourth-order valence-electron chi connectivity index (χ4n) is 2.80. The Morgan fingerprint density at radius 2 is 1.81 bits per heavy atom. The molecule has 0 aliphatic heterocycles. The number of nitrogens with zero attached hydrogens (tertiary/aromatic N) is 2. The molecule has 0 radical (unpaired) electrons. The molecule has 1 N–H and O–H groups in total. The minimum absolute atomic E-state index is 0.0668. The second-order valence-electron chi connectivity index (χ2n) is 6.68. The summed E-state index contributed by atoms with van der Waals surface area (Å²) in [6, 6.07) is 17.2. The van der Waals surface area contributed by atoms with Crippen molar-refractivity contribution in [2.75, 3.05) is 20.6 Å². The molecular formula is C21H22ClN3O2. The van der Waals surface area contributed by atoms with Crippen LogP contribution in [-0.4, -0.2) is 36.6 Å². The van der Waals surface area contributed by atoms with E-state index in [1.807, 2.05) is 26.2 Å². The molecule has 2 aromatic carbocycles. The number of likely N-dealkylation sites (N-methyl/N-ethyl adjacent to an activating group) is 1. The second kappa shape index (κ2) is 8.37. The van der Waals surface area contributed by atoms with Gasteiger partial charge in [0.25, 0.3) is 5.91 Å². The van der Waals surface area contributed by atoms with Crippen molar-refractivity contribution in [2.45, 2.75) is 13.0 Å². The Bertz CT molecular complexity index is 902. The van der Waals surface area contributed by atoms with Crippen molar-refractivity contribution in [2.24, 2.45) is 0 Å². The molecule has 0 aliphatic rings. The number of halogens is 1. The third kappa shape index (κ3) is 4.76. The van der Waals surface area contributed by atoms with Crippen LogP contribution >= 0.6 is 11.6 Å². The van der Waals surface area contributed by atoms with Gasteiger partial charge in [-0.25, -0.2) is 0 Å². The summed E-state index contributed by atoms with van der Waals surface area (Å²) < 4.78 is 5.30. The van der Waals surface area contributed by atoms with Gasteiger partial charge in [-0.1, -0.05) is 46.6 Å². The number of hydrogen-bond acceptors (Lipinski definition) is 4. The summed E-state index contributed by atoms with van der Waals surface area (Å²) in [5, 5.41) is 7.47. The predicted octanol–water partition coefficient (Wildman–Crippen LogP) is 4.34. The van der Waals surface area contributed by atoms with Crippen LogP contribution in [0, 0.1) is 6.92 Å². The highest BCUT2D eigenvalue weighted by Crippen LogP contribution is 2.22. The van der Waals surface area contributed by atoms with Crippen LogP contribution in [-0.2, 0) is 0 Å². The second-order valence-corrected chi connectivity index (χ2v) is 7.12. The summed E-state index contributed by atoms with van der Waals surface area (Å²) in [6.45, 7) is 2.52. The molecule has 0 bridgehead atoms. The number of carbonyl (C=O) groups is 1. The number of aryl methyl sites for hydroxylation is 1. The van der Waals surface area contributed by atoms with Gasteiger partial charge in [0, 0.05) is 23.2 Å². The van der Waals surface area contributed by atoms with E-state index in [-0.39, 0.29) is 17.6 Å². The Kier molecular flexibility index (Phi) is 5.94. The smallest absolute Gasteiger partial charge is 0.273 e. The molecular weight excluding hydrogens is 362 g/mol. The molecule has 6 heteroatoms. The van der Waals surface area contributed by atoms with E-state index < -0.39 is 0 Å². The first-order chi connectivity index (χ1) is 12.9. The van der Waals surface area contributed by atoms with Crippen molar-refractivity contribution in [3.05, 3.63) is 76.4 Å². The van der Waals surface area contributed by atoms with Crippen LogP contribution in [0.1, 0.15) is 27.7 Å². The van der Waals surface area contributed by atoms with Crippen LogP contribution in [0.5, 0.6) is 0 Å². The Balaban J connectivity index is 1.67. The average molecular weight is 384 g/mol. The van der Waals surface area contributed by atoms with E-state index in [1.54, 1.807) is 18.2 Å². The van der Waals surface area contributed by atoms with Crippen molar-refractivity contribution in [3.63, 3.8) is 0 Å². The van der Waals surface area contributed by atoms with E-state index in [0.29, 0.717) is 17.3 Å². The maximum Gasteiger partial charge on any atom is 0.273 e. The lowest BCUT2D eigenvalue weighted by atomic mass is 10.0. The number of amides is 1. The van der Waals surface area contributed by atoms with Crippen molar-refractivity contribution < 1.29 is 9.32 Å². The fourth-order valence-corrected chi connectivity index (χ4v) is 2.93. The molecule has 0 fully saturated rings. The van der Waals surface area contributed by atoms with Crippen molar-refractivity contribution in [1.82, 2.24) is 15.4 Å². The van der Waals surface area contributed by atoms with Gasteiger partial charge >= 0.3 is 0 Å². The molecule has 3 aromatic rings. The summed E-state index contributed by atoms with van der Waals surface area (Å²) in [6.07, 6.45) is 0. The summed E-state index contributed by atoms with van der Waals surface area (Å²) in [4.78, 5) is 14.6. The molecule has 0 spiro atoms. The molecule has 0 saturated heterocycles. The zero-order valence-electron chi connectivity index (χ0n) is 15.6. The molecule has 27 heavy (non-hydrogen) atoms. The third-order valence-electron chi connectivity index (χ3n) is 4.41. The highest BCUT2D eigenvalue weighted by Gasteiger charge is 2.18. The third-order valence-corrected chi connectivity index (χ3v) is 4.66. The molecule has 0 aliphatic carbocycles. The van der Waals surface area contributed by atoms with Crippen molar-refractivity contribution in [1.29, 1.82) is 0 Å². The fraction of sp³-hybridized carbons (Fsp3) is 0.238. The largest absolute Gasteiger partial charge is 0.355 e. The maximum absolute atomic E-state index is 12.5. The zero-order valence-corrected chi connectivity index (χ0v) is 16.3. The van der Waals surface area contributed by atoms with Gasteiger partial charge in [0.2, 0.25) is 0 Å². The molecule has 1 aromatic heterocycles. The molecule has 0 saturated carbocycles. The quantitative estimate of drug-likeness (QED) is 0.688. The van der Waals surface area contributed by atoms with Gasteiger partial charge in [-0.3, -0.25) is 4.79 Å². The molecule has 5 nitrogen and oxygen atoms in total. The van der Waals surface area contributed by atoms with E-state index in [0.717, 1.165) is 11.1 Å². The Morgan fingerprint density at radius 1 is 1.15 bits per heavy atom. The predicted molar refractivity (Wildman–Crippen MR) is 107 cm³/mol. The Morgan fingerprint density at radius 3 is 2.44 bits per heavy atom. The molecule has 1 amide bonds. The van der Waals surface area contributed by atoms with E-state index >= 15 is 0 Å². The summed E-state index contributed by atoms with van der Waals surface area (Å²) in [7, 11) is 3.98. The maximum atomic E-state index is 12.5. The minimum Gasteiger partial charge on any atom is -0.355 e. The van der Waals surface area contributed by atoms with Crippen molar-refractivity contribution in [3.8, 4) is 11.3 Å². The van der Waals surface area contributed by atoms with Gasteiger partial charge in [-0.2, -0.15) is 0 Å². The lowest BCUT2D eigenvalue weighted by Crippen LogP contribution is -2.34. The number of nitrogens with one attached hydrogen (secondary N) is 1. The van der Waals surface area contributed by atoms with E-state index in [1.165, 1.54) is 5.56 Å². The normalized spacial score (nSPS) is 12.2. The lowest BCUT2D eigenvalue weighted by molar-refractivity contribution is 0.0933. The molecule has 140 valence electrons. The standard InChI is InChI=1S/C21H22ClN3O2/c1-14-4-6-15(7-5-14)19(25(2)3)13-23-21(26)18-12-20(27-24-18)16-8-10-17(22)11-9-16/h4-12,19H,13H2,1-3H3,(H,23,26)/t19-/m0/s1. The average Bonchev–Trinajstić information content (AvgIpc) is 3.14. The van der Waals surface area contributed by atoms with Gasteiger partial charge in [0.1, 0.15) is 0 Å². The van der Waals surface area contributed by atoms with Gasteiger partial charge < -0.3 is 14.7 Å². The van der Waals surface area contributed by atoms with Crippen LogP contribution < -0.4 is 5.32 Å². The molecule has 1 heterocycles. The SMILES string of the molecule is Cc1ccc([C@H](CNC(=O)c2cc(-c3ccc(Cl)cc3)on2)N(C)C)cc1. The highest BCUT2D eigenvalue weighted by atomic mass is 35.5. The monoisotopic (exact) mass is 383 g/mol. The van der Waals surface area contributed by atoms with E-state index in [9.17, 15) is 4.79 Å². The first-order valence-electron chi connectivity index (χ1n) is 8.68. The lowest BCUT2D eigenvalue weighted by Gasteiger charge is -2.25. The number of rotatable bonds is 6. The van der Waals surface area contributed by atoms with Gasteiger partial charge in [-0.15, -0.1) is 0 Å².